The highest BCUT2D eigenvalue weighted by atomic mass is 35.5. The Morgan fingerprint density at radius 3 is 2.48 bits per heavy atom. The van der Waals surface area contributed by atoms with Gasteiger partial charge in [0.25, 0.3) is 0 Å². The number of carbonyl (C=O) groups excluding carboxylic acids is 1. The Morgan fingerprint density at radius 2 is 1.80 bits per heavy atom. The molecule has 4 heteroatoms. The minimum absolute atomic E-state index is 0. The van der Waals surface area contributed by atoms with E-state index in [2.05, 4.69) is 47.4 Å². The lowest BCUT2D eigenvalue weighted by atomic mass is 9.99. The monoisotopic (exact) mass is 358 g/mol. The van der Waals surface area contributed by atoms with E-state index in [1.54, 1.807) is 0 Å². The second-order valence-electron chi connectivity index (χ2n) is 7.49. The van der Waals surface area contributed by atoms with E-state index in [4.69, 9.17) is 5.73 Å². The third kappa shape index (κ3) is 4.16. The van der Waals surface area contributed by atoms with E-state index in [1.165, 1.54) is 22.8 Å². The third-order valence-electron chi connectivity index (χ3n) is 5.63. The van der Waals surface area contributed by atoms with Crippen LogP contribution in [0.3, 0.4) is 0 Å². The highest BCUT2D eigenvalue weighted by molar-refractivity contribution is 5.85. The molecule has 0 radical (unpaired) electrons. The first-order valence-corrected chi connectivity index (χ1v) is 9.23. The van der Waals surface area contributed by atoms with Gasteiger partial charge < -0.3 is 10.6 Å². The fourth-order valence-corrected chi connectivity index (χ4v) is 4.00. The van der Waals surface area contributed by atoms with Crippen LogP contribution in [0.25, 0.3) is 10.8 Å². The van der Waals surface area contributed by atoms with Crippen molar-refractivity contribution in [3.8, 4) is 0 Å². The highest BCUT2D eigenvalue weighted by Gasteiger charge is 2.35. The van der Waals surface area contributed by atoms with Gasteiger partial charge in [-0.1, -0.05) is 42.8 Å². The van der Waals surface area contributed by atoms with Gasteiger partial charge in [0.15, 0.2) is 0 Å². The molecule has 0 saturated heterocycles. The summed E-state index contributed by atoms with van der Waals surface area (Å²) in [5, 5.41) is 2.50. The maximum atomic E-state index is 12.9. The molecule has 4 rings (SSSR count). The van der Waals surface area contributed by atoms with Crippen LogP contribution < -0.4 is 5.73 Å². The van der Waals surface area contributed by atoms with Crippen LogP contribution in [0.2, 0.25) is 0 Å². The number of rotatable bonds is 5. The van der Waals surface area contributed by atoms with Gasteiger partial charge in [-0.3, -0.25) is 4.79 Å². The predicted octanol–water partition coefficient (Wildman–Crippen LogP) is 4.27. The van der Waals surface area contributed by atoms with Crippen molar-refractivity contribution >= 4 is 29.1 Å². The first-order chi connectivity index (χ1) is 11.7. The van der Waals surface area contributed by atoms with Crippen LogP contribution in [-0.4, -0.2) is 22.9 Å². The number of benzene rings is 2. The van der Waals surface area contributed by atoms with Crippen molar-refractivity contribution in [1.29, 1.82) is 0 Å². The van der Waals surface area contributed by atoms with Gasteiger partial charge in [-0.25, -0.2) is 0 Å². The van der Waals surface area contributed by atoms with Gasteiger partial charge in [0.2, 0.25) is 5.91 Å². The van der Waals surface area contributed by atoms with Gasteiger partial charge >= 0.3 is 0 Å². The van der Waals surface area contributed by atoms with Crippen molar-refractivity contribution in [3.05, 3.63) is 48.0 Å². The third-order valence-corrected chi connectivity index (χ3v) is 5.63. The Balaban J connectivity index is 0.00000182. The number of nitrogens with zero attached hydrogens (tertiary/aromatic N) is 1. The minimum Gasteiger partial charge on any atom is -0.335 e. The molecule has 3 nitrogen and oxygen atoms in total. The zero-order valence-electron chi connectivity index (χ0n) is 14.6. The maximum Gasteiger partial charge on any atom is 0.223 e. The zero-order chi connectivity index (χ0) is 16.5. The zero-order valence-corrected chi connectivity index (χ0v) is 15.4. The Morgan fingerprint density at radius 1 is 1.04 bits per heavy atom. The quantitative estimate of drug-likeness (QED) is 0.867. The van der Waals surface area contributed by atoms with Gasteiger partial charge in [0.1, 0.15) is 0 Å². The van der Waals surface area contributed by atoms with Crippen LogP contribution in [0.15, 0.2) is 42.5 Å². The van der Waals surface area contributed by atoms with Crippen LogP contribution in [0.4, 0.5) is 0 Å². The molecule has 0 bridgehead atoms. The van der Waals surface area contributed by atoms with Gasteiger partial charge in [-0.2, -0.15) is 0 Å². The van der Waals surface area contributed by atoms with Crippen molar-refractivity contribution in [1.82, 2.24) is 4.90 Å². The van der Waals surface area contributed by atoms with Crippen LogP contribution in [-0.2, 0) is 11.3 Å². The predicted molar refractivity (Wildman–Crippen MR) is 105 cm³/mol. The number of hydrogen-bond donors (Lipinski definition) is 1. The minimum atomic E-state index is 0. The Kier molecular flexibility index (Phi) is 5.65. The topological polar surface area (TPSA) is 46.3 Å². The molecule has 134 valence electrons. The number of amides is 1. The average molecular weight is 359 g/mol. The summed E-state index contributed by atoms with van der Waals surface area (Å²) >= 11 is 0. The van der Waals surface area contributed by atoms with E-state index < -0.39 is 0 Å². The number of fused-ring (bicyclic) bond motifs is 1. The summed E-state index contributed by atoms with van der Waals surface area (Å²) in [5.74, 6) is 0.684. The summed E-state index contributed by atoms with van der Waals surface area (Å²) in [6, 6.07) is 15.6. The maximum absolute atomic E-state index is 12.9. The first kappa shape index (κ1) is 18.2. The SMILES string of the molecule is Cl.N[C@@H]1CCC[C@H]1CC(=O)N(Cc1ccc2ccccc2c1)C1CC1. The summed E-state index contributed by atoms with van der Waals surface area (Å²) in [6.45, 7) is 0.732. The Hall–Kier alpha value is -1.58. The van der Waals surface area contributed by atoms with Gasteiger partial charge in [0.05, 0.1) is 0 Å². The molecule has 0 heterocycles. The number of carbonyl (C=O) groups is 1. The van der Waals surface area contributed by atoms with E-state index in [1.807, 2.05) is 0 Å². The fourth-order valence-electron chi connectivity index (χ4n) is 4.00. The van der Waals surface area contributed by atoms with Crippen molar-refractivity contribution < 1.29 is 4.79 Å². The molecule has 0 aromatic heterocycles. The van der Waals surface area contributed by atoms with E-state index in [0.717, 1.165) is 32.2 Å². The average Bonchev–Trinajstić information content (AvgIpc) is 3.36. The molecule has 25 heavy (non-hydrogen) atoms. The largest absolute Gasteiger partial charge is 0.335 e. The van der Waals surface area contributed by atoms with E-state index in [9.17, 15) is 4.79 Å². The molecule has 2 fully saturated rings. The molecule has 2 aromatic carbocycles. The van der Waals surface area contributed by atoms with Gasteiger partial charge in [-0.05, 0) is 54.0 Å². The van der Waals surface area contributed by atoms with Gasteiger partial charge in [0, 0.05) is 25.0 Å². The number of halogens is 1. The number of nitrogens with two attached hydrogens (primary N) is 1. The summed E-state index contributed by atoms with van der Waals surface area (Å²) in [6.07, 6.45) is 6.29. The Labute approximate surface area is 156 Å². The van der Waals surface area contributed by atoms with Crippen molar-refractivity contribution in [3.63, 3.8) is 0 Å². The molecular weight excluding hydrogens is 332 g/mol. The lowest BCUT2D eigenvalue weighted by molar-refractivity contribution is -0.133. The fraction of sp³-hybridized carbons (Fsp3) is 0.476. The lowest BCUT2D eigenvalue weighted by Gasteiger charge is -2.25. The summed E-state index contributed by atoms with van der Waals surface area (Å²) < 4.78 is 0. The number of hydrogen-bond acceptors (Lipinski definition) is 2. The molecule has 1 amide bonds. The molecule has 2 aromatic rings. The van der Waals surface area contributed by atoms with Crippen molar-refractivity contribution in [2.45, 2.75) is 57.2 Å². The van der Waals surface area contributed by atoms with E-state index in [0.29, 0.717) is 24.3 Å². The molecule has 2 saturated carbocycles. The second kappa shape index (κ2) is 7.76. The van der Waals surface area contributed by atoms with Crippen molar-refractivity contribution in [2.75, 3.05) is 0 Å². The summed E-state index contributed by atoms with van der Waals surface area (Å²) in [4.78, 5) is 15.0. The van der Waals surface area contributed by atoms with E-state index in [-0.39, 0.29) is 18.4 Å². The van der Waals surface area contributed by atoms with Crippen LogP contribution in [0, 0.1) is 5.92 Å². The van der Waals surface area contributed by atoms with Crippen molar-refractivity contribution in [2.24, 2.45) is 11.7 Å². The summed E-state index contributed by atoms with van der Waals surface area (Å²) in [5.41, 5.74) is 7.39. The molecule has 2 N–H and O–H groups in total. The molecular formula is C21H27ClN2O. The second-order valence-corrected chi connectivity index (χ2v) is 7.49. The molecule has 0 aliphatic heterocycles. The standard InChI is InChI=1S/C21H26N2O.ClH/c22-20-7-3-6-18(20)13-21(24)23(19-10-11-19)14-15-8-9-16-4-1-2-5-17(16)12-15;/h1-2,4-5,8-9,12,18-20H,3,6-7,10-11,13-14,22H2;1H/t18-,20+;/m0./s1. The first-order valence-electron chi connectivity index (χ1n) is 9.23. The Bertz CT molecular complexity index is 744. The van der Waals surface area contributed by atoms with Crippen LogP contribution in [0.1, 0.15) is 44.1 Å². The van der Waals surface area contributed by atoms with Gasteiger partial charge in [-0.15, -0.1) is 12.4 Å². The molecule has 0 unspecified atom stereocenters. The molecule has 2 atom stereocenters. The van der Waals surface area contributed by atoms with Crippen LogP contribution in [0.5, 0.6) is 0 Å². The van der Waals surface area contributed by atoms with Crippen LogP contribution >= 0.6 is 12.4 Å². The lowest BCUT2D eigenvalue weighted by Crippen LogP contribution is -2.36. The normalized spacial score (nSPS) is 22.6. The molecule has 2 aliphatic rings. The smallest absolute Gasteiger partial charge is 0.223 e. The van der Waals surface area contributed by atoms with E-state index >= 15 is 0 Å². The molecule has 0 spiro atoms. The molecule has 2 aliphatic carbocycles. The highest BCUT2D eigenvalue weighted by Crippen LogP contribution is 2.33. The summed E-state index contributed by atoms with van der Waals surface area (Å²) in [7, 11) is 0.